The molecule has 28 heavy (non-hydrogen) atoms. The van der Waals surface area contributed by atoms with Gasteiger partial charge in [0, 0.05) is 37.5 Å². The highest BCUT2D eigenvalue weighted by Gasteiger charge is 2.37. The van der Waals surface area contributed by atoms with E-state index in [1.807, 2.05) is 4.90 Å². The number of rotatable bonds is 5. The van der Waals surface area contributed by atoms with Crippen LogP contribution in [0.15, 0.2) is 41.3 Å². The van der Waals surface area contributed by atoms with Crippen molar-refractivity contribution in [2.45, 2.75) is 37.1 Å². The second-order valence-electron chi connectivity index (χ2n) is 6.90. The van der Waals surface area contributed by atoms with E-state index in [-0.39, 0.29) is 28.3 Å². The highest BCUT2D eigenvalue weighted by atomic mass is 32.2. The third kappa shape index (κ3) is 3.66. The number of hydrogen-bond donors (Lipinski definition) is 1. The molecule has 0 spiro atoms. The number of anilines is 2. The Morgan fingerprint density at radius 3 is 2.54 bits per heavy atom. The first kappa shape index (κ1) is 20.4. The lowest BCUT2D eigenvalue weighted by Crippen LogP contribution is -2.40. The number of methoxy groups -OCH3 is 1. The van der Waals surface area contributed by atoms with Crippen molar-refractivity contribution in [3.63, 3.8) is 0 Å². The van der Waals surface area contributed by atoms with Gasteiger partial charge in [-0.15, -0.1) is 0 Å². The quantitative estimate of drug-likeness (QED) is 0.813. The van der Waals surface area contributed by atoms with Gasteiger partial charge < -0.3 is 14.7 Å². The number of nitrogens with zero attached hydrogens (tertiary/aromatic N) is 2. The third-order valence-electron chi connectivity index (χ3n) is 5.15. The monoisotopic (exact) mass is 408 g/mol. The lowest BCUT2D eigenvalue weighted by atomic mass is 10.1. The topological polar surface area (TPSA) is 70.1 Å². The lowest BCUT2D eigenvalue weighted by molar-refractivity contribution is 0.351. The van der Waals surface area contributed by atoms with Crippen LogP contribution in [0.5, 0.6) is 11.5 Å². The Morgan fingerprint density at radius 1 is 1.25 bits per heavy atom. The molecule has 0 aromatic heterocycles. The minimum absolute atomic E-state index is 0.00313. The molecule has 1 atom stereocenters. The van der Waals surface area contributed by atoms with E-state index in [1.165, 1.54) is 35.7 Å². The van der Waals surface area contributed by atoms with Crippen LogP contribution in [0.4, 0.5) is 15.8 Å². The van der Waals surface area contributed by atoms with Crippen molar-refractivity contribution in [2.75, 3.05) is 25.6 Å². The standard InChI is InChI=1S/C20H25FN2O4S/c1-4-5-6-16-13-23(15-9-7-14(21)8-10-15)17-11-19(27-3)18(24)12-20(17)28(25,26)22(16)2/h7-12,16,24H,4-6,13H2,1-3H3. The maximum absolute atomic E-state index is 13.5. The Morgan fingerprint density at radius 2 is 1.93 bits per heavy atom. The predicted molar refractivity (Wildman–Crippen MR) is 106 cm³/mol. The lowest BCUT2D eigenvalue weighted by Gasteiger charge is -2.29. The second kappa shape index (κ2) is 7.97. The van der Waals surface area contributed by atoms with Crippen LogP contribution in [0, 0.1) is 5.82 Å². The number of halogens is 1. The molecule has 2 aromatic carbocycles. The van der Waals surface area contributed by atoms with Crippen molar-refractivity contribution in [1.29, 1.82) is 0 Å². The molecular formula is C20H25FN2O4S. The van der Waals surface area contributed by atoms with E-state index in [2.05, 4.69) is 6.92 Å². The van der Waals surface area contributed by atoms with Gasteiger partial charge in [0.2, 0.25) is 10.0 Å². The van der Waals surface area contributed by atoms with Crippen molar-refractivity contribution >= 4 is 21.4 Å². The molecule has 152 valence electrons. The fraction of sp³-hybridized carbons (Fsp3) is 0.400. The molecule has 0 fully saturated rings. The number of hydrogen-bond acceptors (Lipinski definition) is 5. The summed E-state index contributed by atoms with van der Waals surface area (Å²) >= 11 is 0. The van der Waals surface area contributed by atoms with Crippen LogP contribution in [0.3, 0.4) is 0 Å². The molecule has 1 aliphatic rings. The normalized spacial score (nSPS) is 19.1. The molecule has 1 N–H and O–H groups in total. The number of ether oxygens (including phenoxy) is 1. The fourth-order valence-corrected chi connectivity index (χ4v) is 5.04. The van der Waals surface area contributed by atoms with Crippen molar-refractivity contribution in [1.82, 2.24) is 4.31 Å². The zero-order chi connectivity index (χ0) is 20.5. The smallest absolute Gasteiger partial charge is 0.245 e. The van der Waals surface area contributed by atoms with Gasteiger partial charge in [-0.3, -0.25) is 0 Å². The molecule has 1 unspecified atom stereocenters. The average molecular weight is 408 g/mol. The Kier molecular flexibility index (Phi) is 5.81. The van der Waals surface area contributed by atoms with E-state index in [9.17, 15) is 17.9 Å². The summed E-state index contributed by atoms with van der Waals surface area (Å²) < 4.78 is 46.6. The van der Waals surface area contributed by atoms with E-state index < -0.39 is 10.0 Å². The van der Waals surface area contributed by atoms with Gasteiger partial charge in [-0.05, 0) is 30.7 Å². The highest BCUT2D eigenvalue weighted by Crippen LogP contribution is 2.43. The van der Waals surface area contributed by atoms with Gasteiger partial charge in [-0.2, -0.15) is 4.31 Å². The number of phenolic OH excluding ortho intramolecular Hbond substituents is 1. The molecule has 0 radical (unpaired) electrons. The number of likely N-dealkylation sites (N-methyl/N-ethyl adjacent to an activating group) is 1. The first-order valence-corrected chi connectivity index (χ1v) is 10.7. The Balaban J connectivity index is 2.23. The highest BCUT2D eigenvalue weighted by molar-refractivity contribution is 7.89. The summed E-state index contributed by atoms with van der Waals surface area (Å²) in [6.45, 7) is 2.46. The second-order valence-corrected chi connectivity index (χ2v) is 8.86. The first-order valence-electron chi connectivity index (χ1n) is 9.21. The first-order chi connectivity index (χ1) is 13.3. The van der Waals surface area contributed by atoms with Crippen LogP contribution in [-0.2, 0) is 10.0 Å². The summed E-state index contributed by atoms with van der Waals surface area (Å²) in [6.07, 6.45) is 2.52. The molecule has 0 saturated carbocycles. The summed E-state index contributed by atoms with van der Waals surface area (Å²) in [5, 5.41) is 10.2. The molecule has 0 saturated heterocycles. The Hall–Kier alpha value is -2.32. The van der Waals surface area contributed by atoms with Crippen LogP contribution in [0.1, 0.15) is 26.2 Å². The van der Waals surface area contributed by atoms with Gasteiger partial charge in [0.1, 0.15) is 10.7 Å². The Labute approximate surface area is 165 Å². The van der Waals surface area contributed by atoms with Gasteiger partial charge >= 0.3 is 0 Å². The zero-order valence-electron chi connectivity index (χ0n) is 16.2. The largest absolute Gasteiger partial charge is 0.504 e. The molecule has 0 amide bonds. The van der Waals surface area contributed by atoms with Crippen molar-refractivity contribution in [3.8, 4) is 11.5 Å². The molecule has 8 heteroatoms. The van der Waals surface area contributed by atoms with Gasteiger partial charge in [0.25, 0.3) is 0 Å². The number of aromatic hydroxyl groups is 1. The zero-order valence-corrected chi connectivity index (χ0v) is 17.0. The van der Waals surface area contributed by atoms with Crippen molar-refractivity contribution in [3.05, 3.63) is 42.2 Å². The maximum atomic E-state index is 13.5. The predicted octanol–water partition coefficient (Wildman–Crippen LogP) is 3.87. The summed E-state index contributed by atoms with van der Waals surface area (Å²) in [4.78, 5) is 1.84. The molecule has 3 rings (SSSR count). The molecule has 2 aromatic rings. The average Bonchev–Trinajstić information content (AvgIpc) is 2.75. The molecule has 1 heterocycles. The summed E-state index contributed by atoms with van der Waals surface area (Å²) in [6, 6.07) is 8.39. The molecular weight excluding hydrogens is 383 g/mol. The molecule has 1 aliphatic heterocycles. The van der Waals surface area contributed by atoms with Gasteiger partial charge in [0.05, 0.1) is 12.8 Å². The van der Waals surface area contributed by atoms with Gasteiger partial charge in [-0.1, -0.05) is 19.8 Å². The van der Waals surface area contributed by atoms with Crippen LogP contribution in [0.25, 0.3) is 0 Å². The van der Waals surface area contributed by atoms with E-state index >= 15 is 0 Å². The fourth-order valence-electron chi connectivity index (χ4n) is 3.47. The minimum Gasteiger partial charge on any atom is -0.504 e. The van der Waals surface area contributed by atoms with E-state index in [1.54, 1.807) is 19.2 Å². The van der Waals surface area contributed by atoms with E-state index in [0.29, 0.717) is 24.3 Å². The number of benzene rings is 2. The molecule has 0 bridgehead atoms. The SMILES string of the molecule is CCCCC1CN(c2ccc(F)cc2)c2cc(OC)c(O)cc2S(=O)(=O)N1C. The number of unbranched alkanes of at least 4 members (excludes halogenated alkanes) is 1. The minimum atomic E-state index is -3.83. The number of fused-ring (bicyclic) bond motifs is 1. The third-order valence-corrected chi connectivity index (χ3v) is 7.08. The van der Waals surface area contributed by atoms with Gasteiger partial charge in [0.15, 0.2) is 11.5 Å². The van der Waals surface area contributed by atoms with Gasteiger partial charge in [-0.25, -0.2) is 12.8 Å². The van der Waals surface area contributed by atoms with Crippen LogP contribution in [0.2, 0.25) is 0 Å². The number of sulfonamides is 1. The molecule has 0 aliphatic carbocycles. The summed E-state index contributed by atoms with van der Waals surface area (Å²) in [5.74, 6) is -0.436. The molecule has 6 nitrogen and oxygen atoms in total. The van der Waals surface area contributed by atoms with Crippen molar-refractivity contribution in [2.24, 2.45) is 0 Å². The maximum Gasteiger partial charge on any atom is 0.245 e. The van der Waals surface area contributed by atoms with Crippen LogP contribution < -0.4 is 9.64 Å². The summed E-state index contributed by atoms with van der Waals surface area (Å²) in [7, 11) is -0.859. The van der Waals surface area contributed by atoms with E-state index in [0.717, 1.165) is 12.8 Å². The van der Waals surface area contributed by atoms with Crippen LogP contribution in [-0.4, -0.2) is 44.6 Å². The van der Waals surface area contributed by atoms with E-state index in [4.69, 9.17) is 4.74 Å². The Bertz CT molecular complexity index is 947. The summed E-state index contributed by atoms with van der Waals surface area (Å²) in [5.41, 5.74) is 1.06. The van der Waals surface area contributed by atoms with Crippen LogP contribution >= 0.6 is 0 Å². The number of phenols is 1. The van der Waals surface area contributed by atoms with Crippen molar-refractivity contribution < 1.29 is 22.7 Å².